The third-order valence-electron chi connectivity index (χ3n) is 3.95. The van der Waals surface area contributed by atoms with Crippen LogP contribution in [0.1, 0.15) is 39.2 Å². The molecule has 2 atom stereocenters. The molecular weight excluding hydrogens is 232 g/mol. The summed E-state index contributed by atoms with van der Waals surface area (Å²) in [6, 6.07) is 8.92. The summed E-state index contributed by atoms with van der Waals surface area (Å²) < 4.78 is 0. The van der Waals surface area contributed by atoms with Crippen molar-refractivity contribution in [1.82, 2.24) is 5.32 Å². The Kier molecular flexibility index (Phi) is 4.87. The van der Waals surface area contributed by atoms with Crippen LogP contribution in [0.25, 0.3) is 0 Å². The van der Waals surface area contributed by atoms with Crippen LogP contribution in [-0.4, -0.2) is 26.2 Å². The molecule has 1 aromatic rings. The predicted octanol–water partition coefficient (Wildman–Crippen LogP) is 3.49. The molecule has 1 aliphatic heterocycles. The largest absolute Gasteiger partial charge is 0.371 e. The molecule has 0 bridgehead atoms. The highest BCUT2D eigenvalue weighted by Crippen LogP contribution is 2.28. The molecular formula is C17H28N2. The van der Waals surface area contributed by atoms with Gasteiger partial charge >= 0.3 is 0 Å². The lowest BCUT2D eigenvalue weighted by Gasteiger charge is -2.35. The summed E-state index contributed by atoms with van der Waals surface area (Å²) >= 11 is 0. The van der Waals surface area contributed by atoms with Gasteiger partial charge in [-0.2, -0.15) is 0 Å². The van der Waals surface area contributed by atoms with Crippen LogP contribution in [0.5, 0.6) is 0 Å². The van der Waals surface area contributed by atoms with Crippen LogP contribution in [-0.2, 0) is 0 Å². The normalized spacial score (nSPS) is 25.2. The highest BCUT2D eigenvalue weighted by molar-refractivity contribution is 5.55. The van der Waals surface area contributed by atoms with Gasteiger partial charge in [0.05, 0.1) is 0 Å². The monoisotopic (exact) mass is 260 g/mol. The molecule has 0 radical (unpaired) electrons. The number of hydrogen-bond acceptors (Lipinski definition) is 2. The van der Waals surface area contributed by atoms with Gasteiger partial charge in [-0.3, -0.25) is 0 Å². The molecule has 0 saturated carbocycles. The van der Waals surface area contributed by atoms with Crippen LogP contribution >= 0.6 is 0 Å². The summed E-state index contributed by atoms with van der Waals surface area (Å²) in [4.78, 5) is 2.60. The van der Waals surface area contributed by atoms with Crippen LogP contribution < -0.4 is 10.2 Å². The molecule has 0 aromatic heterocycles. The van der Waals surface area contributed by atoms with E-state index in [1.165, 1.54) is 11.3 Å². The number of para-hydroxylation sites is 1. The Balaban J connectivity index is 2.26. The standard InChI is InChI=1S/C17H28N2/c1-13(2)16-7-5-6-8-17(16)19-11-14(3)9-18-10-15(4)12-19/h5-8,13-15,18H,9-12H2,1-4H3. The van der Waals surface area contributed by atoms with Crippen molar-refractivity contribution in [3.8, 4) is 0 Å². The topological polar surface area (TPSA) is 15.3 Å². The first-order valence-electron chi connectivity index (χ1n) is 7.62. The molecule has 2 unspecified atom stereocenters. The maximum atomic E-state index is 3.57. The highest BCUT2D eigenvalue weighted by atomic mass is 15.1. The van der Waals surface area contributed by atoms with E-state index in [2.05, 4.69) is 62.2 Å². The quantitative estimate of drug-likeness (QED) is 0.875. The third kappa shape index (κ3) is 3.73. The average Bonchev–Trinajstić information content (AvgIpc) is 2.36. The molecule has 1 saturated heterocycles. The van der Waals surface area contributed by atoms with Crippen molar-refractivity contribution in [2.24, 2.45) is 11.8 Å². The predicted molar refractivity (Wildman–Crippen MR) is 83.9 cm³/mol. The van der Waals surface area contributed by atoms with Crippen LogP contribution in [0, 0.1) is 11.8 Å². The second-order valence-corrected chi connectivity index (χ2v) is 6.49. The number of anilines is 1. The van der Waals surface area contributed by atoms with Gasteiger partial charge in [0.1, 0.15) is 0 Å². The maximum Gasteiger partial charge on any atom is 0.0401 e. The summed E-state index contributed by atoms with van der Waals surface area (Å²) in [7, 11) is 0. The van der Waals surface area contributed by atoms with E-state index in [0.717, 1.165) is 26.2 Å². The Morgan fingerprint density at radius 1 is 1.05 bits per heavy atom. The lowest BCUT2D eigenvalue weighted by atomic mass is 9.98. The molecule has 19 heavy (non-hydrogen) atoms. The van der Waals surface area contributed by atoms with Crippen molar-refractivity contribution in [1.29, 1.82) is 0 Å². The Morgan fingerprint density at radius 2 is 1.63 bits per heavy atom. The third-order valence-corrected chi connectivity index (χ3v) is 3.95. The second kappa shape index (κ2) is 6.42. The Bertz CT molecular complexity index is 388. The van der Waals surface area contributed by atoms with Crippen molar-refractivity contribution in [2.75, 3.05) is 31.1 Å². The van der Waals surface area contributed by atoms with Crippen molar-refractivity contribution in [3.05, 3.63) is 29.8 Å². The minimum absolute atomic E-state index is 0.588. The molecule has 1 heterocycles. The van der Waals surface area contributed by atoms with E-state index >= 15 is 0 Å². The van der Waals surface area contributed by atoms with Gasteiger partial charge in [-0.1, -0.05) is 45.9 Å². The van der Waals surface area contributed by atoms with E-state index in [1.807, 2.05) is 0 Å². The van der Waals surface area contributed by atoms with Gasteiger partial charge in [0.25, 0.3) is 0 Å². The van der Waals surface area contributed by atoms with E-state index in [0.29, 0.717) is 17.8 Å². The van der Waals surface area contributed by atoms with Gasteiger partial charge in [0.2, 0.25) is 0 Å². The number of hydrogen-bond donors (Lipinski definition) is 1. The van der Waals surface area contributed by atoms with E-state index in [-0.39, 0.29) is 0 Å². The summed E-state index contributed by atoms with van der Waals surface area (Å²) in [6.07, 6.45) is 0. The Morgan fingerprint density at radius 3 is 2.21 bits per heavy atom. The number of rotatable bonds is 2. The average molecular weight is 260 g/mol. The number of nitrogens with zero attached hydrogens (tertiary/aromatic N) is 1. The zero-order valence-corrected chi connectivity index (χ0v) is 12.8. The molecule has 1 aliphatic rings. The smallest absolute Gasteiger partial charge is 0.0401 e. The van der Waals surface area contributed by atoms with Gasteiger partial charge in [-0.15, -0.1) is 0 Å². The van der Waals surface area contributed by atoms with Crippen LogP contribution in [0.15, 0.2) is 24.3 Å². The highest BCUT2D eigenvalue weighted by Gasteiger charge is 2.20. The van der Waals surface area contributed by atoms with Crippen molar-refractivity contribution >= 4 is 5.69 Å². The van der Waals surface area contributed by atoms with E-state index in [1.54, 1.807) is 0 Å². The minimum atomic E-state index is 0.588. The summed E-state index contributed by atoms with van der Waals surface area (Å²) in [5.74, 6) is 1.99. The molecule has 106 valence electrons. The lowest BCUT2D eigenvalue weighted by molar-refractivity contribution is 0.410. The molecule has 2 rings (SSSR count). The first-order valence-corrected chi connectivity index (χ1v) is 7.62. The molecule has 0 aliphatic carbocycles. The fourth-order valence-electron chi connectivity index (χ4n) is 2.99. The zero-order valence-electron chi connectivity index (χ0n) is 12.8. The molecule has 0 spiro atoms. The number of benzene rings is 1. The lowest BCUT2D eigenvalue weighted by Crippen LogP contribution is -2.43. The van der Waals surface area contributed by atoms with Crippen LogP contribution in [0.2, 0.25) is 0 Å². The fraction of sp³-hybridized carbons (Fsp3) is 0.647. The molecule has 1 aromatic carbocycles. The van der Waals surface area contributed by atoms with E-state index in [4.69, 9.17) is 0 Å². The summed E-state index contributed by atoms with van der Waals surface area (Å²) in [6.45, 7) is 13.8. The molecule has 2 nitrogen and oxygen atoms in total. The zero-order chi connectivity index (χ0) is 13.8. The van der Waals surface area contributed by atoms with Crippen molar-refractivity contribution in [2.45, 2.75) is 33.6 Å². The van der Waals surface area contributed by atoms with E-state index < -0.39 is 0 Å². The SMILES string of the molecule is CC1CNCC(C)CN(c2ccccc2C(C)C)C1. The second-order valence-electron chi connectivity index (χ2n) is 6.49. The first kappa shape index (κ1) is 14.4. The van der Waals surface area contributed by atoms with Crippen LogP contribution in [0.4, 0.5) is 5.69 Å². The summed E-state index contributed by atoms with van der Waals surface area (Å²) in [5, 5.41) is 3.57. The van der Waals surface area contributed by atoms with Crippen molar-refractivity contribution < 1.29 is 0 Å². The van der Waals surface area contributed by atoms with E-state index in [9.17, 15) is 0 Å². The first-order chi connectivity index (χ1) is 9.08. The number of nitrogens with one attached hydrogen (secondary N) is 1. The van der Waals surface area contributed by atoms with Gasteiger partial charge < -0.3 is 10.2 Å². The molecule has 0 amide bonds. The van der Waals surface area contributed by atoms with Gasteiger partial charge in [-0.25, -0.2) is 0 Å². The van der Waals surface area contributed by atoms with Crippen LogP contribution in [0.3, 0.4) is 0 Å². The molecule has 2 heteroatoms. The fourth-order valence-corrected chi connectivity index (χ4v) is 2.99. The van der Waals surface area contributed by atoms with Gasteiger partial charge in [-0.05, 0) is 42.5 Å². The minimum Gasteiger partial charge on any atom is -0.371 e. The van der Waals surface area contributed by atoms with Gasteiger partial charge in [0, 0.05) is 18.8 Å². The van der Waals surface area contributed by atoms with Gasteiger partial charge in [0.15, 0.2) is 0 Å². The summed E-state index contributed by atoms with van der Waals surface area (Å²) in [5.41, 5.74) is 2.92. The Hall–Kier alpha value is -1.02. The molecule has 1 N–H and O–H groups in total. The maximum absolute atomic E-state index is 3.57. The Labute approximate surface area is 118 Å². The van der Waals surface area contributed by atoms with Crippen molar-refractivity contribution in [3.63, 3.8) is 0 Å². The molecule has 1 fully saturated rings.